The van der Waals surface area contributed by atoms with E-state index in [1.54, 1.807) is 0 Å². The molecule has 0 amide bonds. The summed E-state index contributed by atoms with van der Waals surface area (Å²) in [5.41, 5.74) is 7.41. The highest BCUT2D eigenvalue weighted by Crippen LogP contribution is 2.30. The Morgan fingerprint density at radius 1 is 1.19 bits per heavy atom. The summed E-state index contributed by atoms with van der Waals surface area (Å²) < 4.78 is 5.88. The van der Waals surface area contributed by atoms with Crippen LogP contribution in [0.2, 0.25) is 0 Å². The summed E-state index contributed by atoms with van der Waals surface area (Å²) in [6.45, 7) is 3.50. The smallest absolute Gasteiger partial charge is 0.123 e. The molecule has 0 radical (unpaired) electrons. The summed E-state index contributed by atoms with van der Waals surface area (Å²) in [5, 5.41) is 0. The van der Waals surface area contributed by atoms with Gasteiger partial charge < -0.3 is 10.5 Å². The Hall–Kier alpha value is -1.06. The first-order valence-corrected chi connectivity index (χ1v) is 8.51. The summed E-state index contributed by atoms with van der Waals surface area (Å²) in [6.07, 6.45) is 8.31. The lowest BCUT2D eigenvalue weighted by Crippen LogP contribution is -2.42. The van der Waals surface area contributed by atoms with Crippen molar-refractivity contribution in [2.45, 2.75) is 51.1 Å². The summed E-state index contributed by atoms with van der Waals surface area (Å²) in [5.74, 6) is 1.93. The molecule has 1 unspecified atom stereocenters. The second-order valence-corrected chi connectivity index (χ2v) is 6.56. The minimum atomic E-state index is 0.503. The van der Waals surface area contributed by atoms with Crippen molar-refractivity contribution in [3.63, 3.8) is 0 Å². The Balaban J connectivity index is 1.66. The number of ether oxygens (including phenoxy) is 1. The van der Waals surface area contributed by atoms with Gasteiger partial charge >= 0.3 is 0 Å². The summed E-state index contributed by atoms with van der Waals surface area (Å²) in [6, 6.07) is 8.92. The van der Waals surface area contributed by atoms with E-state index in [0.29, 0.717) is 6.04 Å². The van der Waals surface area contributed by atoms with Gasteiger partial charge in [0.1, 0.15) is 12.4 Å². The van der Waals surface area contributed by atoms with E-state index in [9.17, 15) is 0 Å². The van der Waals surface area contributed by atoms with Gasteiger partial charge in [0, 0.05) is 31.2 Å². The highest BCUT2D eigenvalue weighted by atomic mass is 16.5. The normalized spacial score (nSPS) is 22.1. The molecule has 1 aliphatic heterocycles. The van der Waals surface area contributed by atoms with Crippen LogP contribution < -0.4 is 10.5 Å². The van der Waals surface area contributed by atoms with Crippen molar-refractivity contribution in [2.75, 3.05) is 19.7 Å². The predicted octanol–water partition coefficient (Wildman–Crippen LogP) is 3.18. The van der Waals surface area contributed by atoms with Crippen LogP contribution in [0, 0.1) is 5.92 Å². The van der Waals surface area contributed by atoms with Crippen molar-refractivity contribution in [3.8, 4) is 5.75 Å². The molecule has 1 aliphatic carbocycles. The molecule has 1 heterocycles. The standard InChI is InChI=1S/C18H28N2O/c19-13-17(12-15-6-2-1-3-7-15)20-10-11-21-18-9-5-4-8-16(18)14-20/h4-5,8-9,15,17H,1-3,6-7,10-14,19H2. The van der Waals surface area contributed by atoms with E-state index in [1.165, 1.54) is 44.1 Å². The van der Waals surface area contributed by atoms with Crippen LogP contribution in [-0.4, -0.2) is 30.6 Å². The van der Waals surface area contributed by atoms with Gasteiger partial charge in [-0.25, -0.2) is 0 Å². The van der Waals surface area contributed by atoms with Gasteiger partial charge in [0.05, 0.1) is 0 Å². The molecule has 1 saturated carbocycles. The van der Waals surface area contributed by atoms with E-state index in [-0.39, 0.29) is 0 Å². The summed E-state index contributed by atoms with van der Waals surface area (Å²) in [7, 11) is 0. The summed E-state index contributed by atoms with van der Waals surface area (Å²) >= 11 is 0. The fraction of sp³-hybridized carbons (Fsp3) is 0.667. The van der Waals surface area contributed by atoms with E-state index in [2.05, 4.69) is 29.2 Å². The average molecular weight is 288 g/mol. The zero-order chi connectivity index (χ0) is 14.5. The lowest BCUT2D eigenvalue weighted by molar-refractivity contribution is 0.141. The molecule has 2 N–H and O–H groups in total. The molecule has 1 atom stereocenters. The molecule has 1 fully saturated rings. The van der Waals surface area contributed by atoms with Crippen LogP contribution in [-0.2, 0) is 6.54 Å². The number of fused-ring (bicyclic) bond motifs is 1. The maximum atomic E-state index is 6.11. The Labute approximate surface area is 128 Å². The van der Waals surface area contributed by atoms with Gasteiger partial charge in [-0.1, -0.05) is 50.3 Å². The molecule has 1 aromatic rings. The number of benzene rings is 1. The Morgan fingerprint density at radius 3 is 2.81 bits per heavy atom. The van der Waals surface area contributed by atoms with Gasteiger partial charge in [-0.3, -0.25) is 4.90 Å². The highest BCUT2D eigenvalue weighted by molar-refractivity contribution is 5.33. The summed E-state index contributed by atoms with van der Waals surface area (Å²) in [4.78, 5) is 2.54. The molecule has 0 aromatic heterocycles. The van der Waals surface area contributed by atoms with Gasteiger partial charge in [0.2, 0.25) is 0 Å². The lowest BCUT2D eigenvalue weighted by Gasteiger charge is -2.33. The fourth-order valence-electron chi connectivity index (χ4n) is 3.86. The first-order valence-electron chi connectivity index (χ1n) is 8.51. The minimum absolute atomic E-state index is 0.503. The molecule has 2 aliphatic rings. The maximum absolute atomic E-state index is 6.11. The quantitative estimate of drug-likeness (QED) is 0.925. The minimum Gasteiger partial charge on any atom is -0.492 e. The second-order valence-electron chi connectivity index (χ2n) is 6.56. The second kappa shape index (κ2) is 7.28. The average Bonchev–Trinajstić information content (AvgIpc) is 2.76. The van der Waals surface area contributed by atoms with Crippen LogP contribution in [0.1, 0.15) is 44.1 Å². The van der Waals surface area contributed by atoms with E-state index >= 15 is 0 Å². The molecule has 0 spiro atoms. The maximum Gasteiger partial charge on any atom is 0.123 e. The zero-order valence-electron chi connectivity index (χ0n) is 13.0. The third-order valence-electron chi connectivity index (χ3n) is 5.10. The van der Waals surface area contributed by atoms with Gasteiger partial charge in [-0.05, 0) is 18.4 Å². The molecule has 0 bridgehead atoms. The van der Waals surface area contributed by atoms with E-state index < -0.39 is 0 Å². The molecule has 3 nitrogen and oxygen atoms in total. The van der Waals surface area contributed by atoms with Crippen LogP contribution >= 0.6 is 0 Å². The molecule has 116 valence electrons. The monoisotopic (exact) mass is 288 g/mol. The number of nitrogens with zero attached hydrogens (tertiary/aromatic N) is 1. The number of rotatable bonds is 4. The number of para-hydroxylation sites is 1. The van der Waals surface area contributed by atoms with Crippen LogP contribution in [0.25, 0.3) is 0 Å². The van der Waals surface area contributed by atoms with Crippen molar-refractivity contribution >= 4 is 0 Å². The number of hydrogen-bond donors (Lipinski definition) is 1. The molecule has 1 aromatic carbocycles. The number of hydrogen-bond acceptors (Lipinski definition) is 3. The van der Waals surface area contributed by atoms with Crippen LogP contribution in [0.5, 0.6) is 5.75 Å². The van der Waals surface area contributed by atoms with E-state index in [0.717, 1.165) is 37.9 Å². The SMILES string of the molecule is NCC(CC1CCCCC1)N1CCOc2ccccc2C1. The van der Waals surface area contributed by atoms with Crippen molar-refractivity contribution in [1.29, 1.82) is 0 Å². The van der Waals surface area contributed by atoms with E-state index in [4.69, 9.17) is 10.5 Å². The lowest BCUT2D eigenvalue weighted by atomic mass is 9.84. The molecule has 21 heavy (non-hydrogen) atoms. The van der Waals surface area contributed by atoms with Crippen LogP contribution in [0.4, 0.5) is 0 Å². The van der Waals surface area contributed by atoms with Gasteiger partial charge in [0.15, 0.2) is 0 Å². The van der Waals surface area contributed by atoms with E-state index in [1.807, 2.05) is 0 Å². The molecular formula is C18H28N2O. The third-order valence-corrected chi connectivity index (χ3v) is 5.10. The Bertz CT molecular complexity index is 443. The predicted molar refractivity (Wildman–Crippen MR) is 86.4 cm³/mol. The molecule has 0 saturated heterocycles. The molecule has 3 rings (SSSR count). The topological polar surface area (TPSA) is 38.5 Å². The number of nitrogens with two attached hydrogens (primary N) is 1. The fourth-order valence-corrected chi connectivity index (χ4v) is 3.86. The van der Waals surface area contributed by atoms with Crippen molar-refractivity contribution in [3.05, 3.63) is 29.8 Å². The largest absolute Gasteiger partial charge is 0.492 e. The third kappa shape index (κ3) is 3.78. The van der Waals surface area contributed by atoms with Crippen molar-refractivity contribution in [1.82, 2.24) is 4.90 Å². The van der Waals surface area contributed by atoms with Gasteiger partial charge in [-0.2, -0.15) is 0 Å². The van der Waals surface area contributed by atoms with Crippen molar-refractivity contribution in [2.24, 2.45) is 11.7 Å². The zero-order valence-corrected chi connectivity index (χ0v) is 13.0. The molecule has 3 heteroatoms. The van der Waals surface area contributed by atoms with Crippen molar-refractivity contribution < 1.29 is 4.74 Å². The van der Waals surface area contributed by atoms with Gasteiger partial charge in [-0.15, -0.1) is 0 Å². The Kier molecular flexibility index (Phi) is 5.15. The first kappa shape index (κ1) is 14.9. The van der Waals surface area contributed by atoms with Gasteiger partial charge in [0.25, 0.3) is 0 Å². The first-order chi connectivity index (χ1) is 10.4. The van der Waals surface area contributed by atoms with Crippen LogP contribution in [0.15, 0.2) is 24.3 Å². The highest BCUT2D eigenvalue weighted by Gasteiger charge is 2.25. The molecular weight excluding hydrogens is 260 g/mol. The van der Waals surface area contributed by atoms with Crippen LogP contribution in [0.3, 0.4) is 0 Å². The Morgan fingerprint density at radius 2 is 2.00 bits per heavy atom.